The lowest BCUT2D eigenvalue weighted by Crippen LogP contribution is -2.26. The maximum absolute atomic E-state index is 4.23. The Labute approximate surface area is 77.1 Å². The number of hydrogen-bond donors (Lipinski definition) is 1. The van der Waals surface area contributed by atoms with Crippen LogP contribution in [0.2, 0.25) is 0 Å². The highest BCUT2D eigenvalue weighted by Gasteiger charge is 1.88. The fourth-order valence-electron chi connectivity index (χ4n) is 1.05. The van der Waals surface area contributed by atoms with Crippen molar-refractivity contribution < 1.29 is 0 Å². The van der Waals surface area contributed by atoms with Crippen LogP contribution in [0.1, 0.15) is 52.4 Å². The minimum Gasteiger partial charge on any atom is -0.240 e. The average Bonchev–Trinajstić information content (AvgIpc) is 2.10. The summed E-state index contributed by atoms with van der Waals surface area (Å²) in [5.74, 6) is 0. The fourth-order valence-corrected chi connectivity index (χ4v) is 1.05. The molecule has 0 rings (SSSR count). The molecule has 2 heteroatoms. The zero-order valence-electron chi connectivity index (χ0n) is 8.60. The van der Waals surface area contributed by atoms with Gasteiger partial charge in [-0.05, 0) is 12.8 Å². The van der Waals surface area contributed by atoms with Gasteiger partial charge in [0, 0.05) is 13.1 Å². The molecular formula is C10H23N2. The molecule has 73 valence electrons. The van der Waals surface area contributed by atoms with Gasteiger partial charge in [-0.3, -0.25) is 0 Å². The van der Waals surface area contributed by atoms with Gasteiger partial charge in [0.25, 0.3) is 0 Å². The van der Waals surface area contributed by atoms with Crippen LogP contribution in [-0.4, -0.2) is 13.1 Å². The van der Waals surface area contributed by atoms with E-state index in [-0.39, 0.29) is 0 Å². The summed E-state index contributed by atoms with van der Waals surface area (Å²) in [6, 6.07) is 0. The van der Waals surface area contributed by atoms with E-state index in [2.05, 4.69) is 24.7 Å². The van der Waals surface area contributed by atoms with E-state index in [0.717, 1.165) is 13.1 Å². The number of unbranched alkanes of at least 4 members (excludes halogenated alkanes) is 4. The lowest BCUT2D eigenvalue weighted by atomic mass is 10.2. The first-order valence-corrected chi connectivity index (χ1v) is 5.31. The Balaban J connectivity index is 2.73. The van der Waals surface area contributed by atoms with Gasteiger partial charge in [-0.15, -0.1) is 0 Å². The van der Waals surface area contributed by atoms with Gasteiger partial charge < -0.3 is 0 Å². The summed E-state index contributed by atoms with van der Waals surface area (Å²) in [7, 11) is 0. The summed E-state index contributed by atoms with van der Waals surface area (Å²) in [5, 5.41) is 0. The Bertz CT molecular complexity index is 64.2. The van der Waals surface area contributed by atoms with E-state index in [1.165, 1.54) is 38.5 Å². The summed E-state index contributed by atoms with van der Waals surface area (Å²) in [5.41, 5.74) is 7.33. The smallest absolute Gasteiger partial charge is 0.0304 e. The van der Waals surface area contributed by atoms with Crippen molar-refractivity contribution in [1.82, 2.24) is 10.9 Å². The van der Waals surface area contributed by atoms with Gasteiger partial charge in [0.2, 0.25) is 0 Å². The van der Waals surface area contributed by atoms with Crippen molar-refractivity contribution in [2.75, 3.05) is 13.1 Å². The molecule has 1 radical (unpaired) electrons. The zero-order valence-corrected chi connectivity index (χ0v) is 8.60. The van der Waals surface area contributed by atoms with E-state index in [4.69, 9.17) is 0 Å². The van der Waals surface area contributed by atoms with Crippen molar-refractivity contribution in [3.05, 3.63) is 0 Å². The molecule has 0 atom stereocenters. The summed E-state index contributed by atoms with van der Waals surface area (Å²) in [6.07, 6.45) is 7.69. The molecule has 0 aliphatic carbocycles. The Morgan fingerprint density at radius 2 is 1.58 bits per heavy atom. The molecule has 0 amide bonds. The maximum Gasteiger partial charge on any atom is 0.0304 e. The van der Waals surface area contributed by atoms with E-state index in [0.29, 0.717) is 0 Å². The van der Waals surface area contributed by atoms with Crippen molar-refractivity contribution in [2.45, 2.75) is 52.4 Å². The predicted octanol–water partition coefficient (Wildman–Crippen LogP) is 2.48. The van der Waals surface area contributed by atoms with Crippen LogP contribution in [0, 0.1) is 0 Å². The molecule has 12 heavy (non-hydrogen) atoms. The van der Waals surface area contributed by atoms with E-state index >= 15 is 0 Å². The highest BCUT2D eigenvalue weighted by Crippen LogP contribution is 1.92. The second-order valence-electron chi connectivity index (χ2n) is 3.20. The highest BCUT2D eigenvalue weighted by molar-refractivity contribution is 4.44. The molecule has 0 unspecified atom stereocenters. The number of hydrogen-bond acceptors (Lipinski definition) is 1. The van der Waals surface area contributed by atoms with E-state index in [9.17, 15) is 0 Å². The Morgan fingerprint density at radius 1 is 0.917 bits per heavy atom. The molecule has 0 bridgehead atoms. The van der Waals surface area contributed by atoms with Crippen LogP contribution in [0.25, 0.3) is 0 Å². The third-order valence-corrected chi connectivity index (χ3v) is 1.88. The zero-order chi connectivity index (χ0) is 9.07. The van der Waals surface area contributed by atoms with Gasteiger partial charge in [-0.25, -0.2) is 5.43 Å². The minimum atomic E-state index is 0.986. The predicted molar refractivity (Wildman–Crippen MR) is 54.1 cm³/mol. The molecule has 0 spiro atoms. The SMILES string of the molecule is CCCCC[N]NCCCCC. The average molecular weight is 171 g/mol. The van der Waals surface area contributed by atoms with Crippen molar-refractivity contribution in [2.24, 2.45) is 0 Å². The van der Waals surface area contributed by atoms with Crippen LogP contribution >= 0.6 is 0 Å². The second-order valence-corrected chi connectivity index (χ2v) is 3.20. The normalized spacial score (nSPS) is 10.5. The van der Waals surface area contributed by atoms with Crippen LogP contribution in [0.4, 0.5) is 0 Å². The lowest BCUT2D eigenvalue weighted by Gasteiger charge is -2.02. The second kappa shape index (κ2) is 10.9. The van der Waals surface area contributed by atoms with Gasteiger partial charge in [0.05, 0.1) is 0 Å². The Hall–Kier alpha value is -0.0800. The largest absolute Gasteiger partial charge is 0.240 e. The molecule has 0 aromatic rings. The first-order valence-electron chi connectivity index (χ1n) is 5.31. The van der Waals surface area contributed by atoms with E-state index in [1.807, 2.05) is 0 Å². The minimum absolute atomic E-state index is 0.986. The molecule has 0 saturated heterocycles. The topological polar surface area (TPSA) is 26.1 Å². The molecule has 1 N–H and O–H groups in total. The molecule has 0 aromatic carbocycles. The third-order valence-electron chi connectivity index (χ3n) is 1.88. The van der Waals surface area contributed by atoms with Crippen molar-refractivity contribution in [3.8, 4) is 0 Å². The Morgan fingerprint density at radius 3 is 2.25 bits per heavy atom. The first kappa shape index (κ1) is 11.9. The maximum atomic E-state index is 4.23. The van der Waals surface area contributed by atoms with E-state index in [1.54, 1.807) is 0 Å². The summed E-state index contributed by atoms with van der Waals surface area (Å²) >= 11 is 0. The molecule has 0 saturated carbocycles. The van der Waals surface area contributed by atoms with Crippen molar-refractivity contribution >= 4 is 0 Å². The van der Waals surface area contributed by atoms with E-state index < -0.39 is 0 Å². The van der Waals surface area contributed by atoms with Crippen LogP contribution in [-0.2, 0) is 0 Å². The highest BCUT2D eigenvalue weighted by atomic mass is 15.3. The van der Waals surface area contributed by atoms with Crippen LogP contribution in [0.15, 0.2) is 0 Å². The molecule has 0 aliphatic heterocycles. The van der Waals surface area contributed by atoms with Gasteiger partial charge in [0.1, 0.15) is 0 Å². The molecule has 0 aliphatic rings. The van der Waals surface area contributed by atoms with Crippen LogP contribution in [0.3, 0.4) is 0 Å². The molecule has 2 nitrogen and oxygen atoms in total. The summed E-state index contributed by atoms with van der Waals surface area (Å²) in [6.45, 7) is 6.48. The molecule has 0 aromatic heterocycles. The summed E-state index contributed by atoms with van der Waals surface area (Å²) in [4.78, 5) is 0. The van der Waals surface area contributed by atoms with Gasteiger partial charge in [-0.2, -0.15) is 5.43 Å². The Kier molecular flexibility index (Phi) is 10.8. The van der Waals surface area contributed by atoms with Gasteiger partial charge in [-0.1, -0.05) is 39.5 Å². The summed E-state index contributed by atoms with van der Waals surface area (Å²) < 4.78 is 0. The van der Waals surface area contributed by atoms with Crippen LogP contribution < -0.4 is 10.9 Å². The lowest BCUT2D eigenvalue weighted by molar-refractivity contribution is 0.484. The van der Waals surface area contributed by atoms with Crippen molar-refractivity contribution in [3.63, 3.8) is 0 Å². The van der Waals surface area contributed by atoms with Gasteiger partial charge >= 0.3 is 0 Å². The molecule has 0 fully saturated rings. The van der Waals surface area contributed by atoms with Gasteiger partial charge in [0.15, 0.2) is 0 Å². The number of nitrogens with zero attached hydrogens (tertiary/aromatic N) is 1. The van der Waals surface area contributed by atoms with Crippen molar-refractivity contribution in [1.29, 1.82) is 0 Å². The standard InChI is InChI=1S/C10H23N2/c1-3-5-7-9-11-12-10-8-6-4-2/h11H,3-10H2,1-2H3. The molecule has 0 heterocycles. The number of rotatable bonds is 9. The third kappa shape index (κ3) is 9.92. The number of nitrogens with one attached hydrogen (secondary N) is 1. The fraction of sp³-hybridized carbons (Fsp3) is 1.00. The molecular weight excluding hydrogens is 148 g/mol. The first-order chi connectivity index (χ1) is 5.91. The quantitative estimate of drug-likeness (QED) is 0.418. The monoisotopic (exact) mass is 171 g/mol. The van der Waals surface area contributed by atoms with Crippen LogP contribution in [0.5, 0.6) is 0 Å².